The van der Waals surface area contributed by atoms with Gasteiger partial charge in [0.15, 0.2) is 17.7 Å². The monoisotopic (exact) mass is 847 g/mol. The number of nitrogens with zero attached hydrogens (tertiary/aromatic N) is 4. The number of carbonyl (C=O) groups is 3. The minimum atomic E-state index is -5.57. The Morgan fingerprint density at radius 1 is 1.09 bits per heavy atom. The summed E-state index contributed by atoms with van der Waals surface area (Å²) < 4.78 is 62.0. The number of anilines is 1. The van der Waals surface area contributed by atoms with Crippen molar-refractivity contribution in [3.8, 4) is 11.8 Å². The summed E-state index contributed by atoms with van der Waals surface area (Å²) in [6.07, 6.45) is -6.40. The van der Waals surface area contributed by atoms with Crippen molar-refractivity contribution in [3.05, 3.63) is 12.7 Å². The molecule has 0 spiro atoms. The number of thioether (sulfide) groups is 1. The van der Waals surface area contributed by atoms with Crippen molar-refractivity contribution in [2.24, 2.45) is 5.41 Å². The van der Waals surface area contributed by atoms with Crippen LogP contribution in [-0.4, -0.2) is 123 Å². The summed E-state index contributed by atoms with van der Waals surface area (Å²) in [4.78, 5) is 86.8. The molecule has 0 aromatic carbocycles. The van der Waals surface area contributed by atoms with Gasteiger partial charge in [-0.05, 0) is 5.92 Å². The number of amides is 2. The van der Waals surface area contributed by atoms with Crippen LogP contribution in [0, 0.1) is 17.3 Å². The van der Waals surface area contributed by atoms with E-state index >= 15 is 0 Å². The van der Waals surface area contributed by atoms with Gasteiger partial charge in [-0.3, -0.25) is 32.5 Å². The maximum atomic E-state index is 12.6. The van der Waals surface area contributed by atoms with Gasteiger partial charge >= 0.3 is 23.5 Å². The molecule has 2 aromatic heterocycles. The molecule has 1 aliphatic rings. The second-order valence-electron chi connectivity index (χ2n) is 11.9. The smallest absolute Gasteiger partial charge is 0.386 e. The van der Waals surface area contributed by atoms with Crippen LogP contribution in [0.1, 0.15) is 39.8 Å². The van der Waals surface area contributed by atoms with E-state index in [2.05, 4.69) is 46.3 Å². The molecule has 2 amide bonds. The number of phosphoric ester groups is 3. The van der Waals surface area contributed by atoms with Gasteiger partial charge in [0, 0.05) is 37.1 Å². The normalized spacial score (nSPS) is 21.7. The Morgan fingerprint density at radius 3 is 2.44 bits per heavy atom. The first-order chi connectivity index (χ1) is 25.1. The highest BCUT2D eigenvalue weighted by atomic mass is 32.2. The number of hydrogen-bond donors (Lipinski definition) is 9. The molecule has 28 heteroatoms. The van der Waals surface area contributed by atoms with E-state index < -0.39 is 84.6 Å². The number of phosphoric acid groups is 3. The Bertz CT molecular complexity index is 1870. The molecule has 1 aliphatic heterocycles. The highest BCUT2D eigenvalue weighted by Gasteiger charge is 2.50. The average molecular weight is 848 g/mol. The molecular formula is C26H40N7O17P3S. The van der Waals surface area contributed by atoms with Gasteiger partial charge in [0.25, 0.3) is 5.12 Å². The van der Waals surface area contributed by atoms with Gasteiger partial charge in [0.2, 0.25) is 11.8 Å². The molecule has 7 atom stereocenters. The number of aliphatic hydroxyl groups excluding tert-OH is 2. The number of rotatable bonds is 19. The molecule has 54 heavy (non-hydrogen) atoms. The summed E-state index contributed by atoms with van der Waals surface area (Å²) in [5.74, 6) is 3.85. The molecule has 24 nitrogen and oxygen atoms in total. The van der Waals surface area contributed by atoms with Gasteiger partial charge < -0.3 is 50.9 Å². The Balaban J connectivity index is 1.51. The molecule has 0 radical (unpaired) electrons. The fraction of sp³-hybridized carbons (Fsp3) is 0.615. The lowest BCUT2D eigenvalue weighted by molar-refractivity contribution is -0.137. The molecule has 1 fully saturated rings. The summed E-state index contributed by atoms with van der Waals surface area (Å²) >= 11 is 0.937. The van der Waals surface area contributed by atoms with Crippen molar-refractivity contribution in [2.45, 2.75) is 64.3 Å². The number of ether oxygens (including phenoxy) is 1. The van der Waals surface area contributed by atoms with Crippen molar-refractivity contribution in [1.29, 1.82) is 0 Å². The van der Waals surface area contributed by atoms with E-state index in [1.54, 1.807) is 6.92 Å². The van der Waals surface area contributed by atoms with Crippen molar-refractivity contribution in [3.63, 3.8) is 0 Å². The SMILES string of the molecule is CCC#CC(=O)SCCNC(=O)CCNC(=O)[C@H](O)C(C)(C)COP(=O)(O)OP(=O)(O)OC[C@H]1O[C@@H](n2cnc3c(N)ncnc32)[C@H](O)[C@@H]1OP(=O)(O)O. The number of imidazole rings is 1. The zero-order valence-corrected chi connectivity index (χ0v) is 32.3. The van der Waals surface area contributed by atoms with Crippen molar-refractivity contribution in [2.75, 3.05) is 37.8 Å². The Hall–Kier alpha value is -2.88. The van der Waals surface area contributed by atoms with Crippen LogP contribution in [0.4, 0.5) is 5.82 Å². The number of aliphatic hydroxyl groups is 2. The third-order valence-corrected chi connectivity index (χ3v) is 11.0. The van der Waals surface area contributed by atoms with E-state index in [-0.39, 0.29) is 47.4 Å². The van der Waals surface area contributed by atoms with Crippen LogP contribution in [0.3, 0.4) is 0 Å². The number of hydrogen-bond acceptors (Lipinski definition) is 18. The Morgan fingerprint density at radius 2 is 1.78 bits per heavy atom. The molecule has 302 valence electrons. The van der Waals surface area contributed by atoms with Crippen LogP contribution in [-0.2, 0) is 50.7 Å². The molecular weight excluding hydrogens is 807 g/mol. The topological polar surface area (TPSA) is 364 Å². The van der Waals surface area contributed by atoms with Crippen LogP contribution < -0.4 is 16.4 Å². The first-order valence-electron chi connectivity index (χ1n) is 15.6. The molecule has 3 heterocycles. The van der Waals surface area contributed by atoms with Gasteiger partial charge in [-0.15, -0.1) is 0 Å². The number of nitrogen functional groups attached to an aromatic ring is 1. The zero-order valence-electron chi connectivity index (χ0n) is 28.8. The van der Waals surface area contributed by atoms with E-state index in [0.717, 1.165) is 29.0 Å². The first kappa shape index (κ1) is 45.5. The van der Waals surface area contributed by atoms with Crippen molar-refractivity contribution < 1.29 is 80.5 Å². The maximum Gasteiger partial charge on any atom is 0.481 e. The Kier molecular flexibility index (Phi) is 16.3. The van der Waals surface area contributed by atoms with Gasteiger partial charge in [0.1, 0.15) is 36.3 Å². The third-order valence-electron chi connectivity index (χ3n) is 7.10. The third kappa shape index (κ3) is 13.7. The summed E-state index contributed by atoms with van der Waals surface area (Å²) in [5, 5.41) is 25.9. The number of carbonyl (C=O) groups excluding carboxylic acids is 3. The Labute approximate surface area is 311 Å². The van der Waals surface area contributed by atoms with Crippen LogP contribution in [0.2, 0.25) is 0 Å². The largest absolute Gasteiger partial charge is 0.481 e. The summed E-state index contributed by atoms with van der Waals surface area (Å²) in [6, 6.07) is 0. The summed E-state index contributed by atoms with van der Waals surface area (Å²) in [5.41, 5.74) is 4.25. The highest BCUT2D eigenvalue weighted by molar-refractivity contribution is 8.14. The first-order valence-corrected chi connectivity index (χ1v) is 21.1. The van der Waals surface area contributed by atoms with Gasteiger partial charge in [-0.1, -0.05) is 38.5 Å². The quantitative estimate of drug-likeness (QED) is 0.0469. The predicted molar refractivity (Wildman–Crippen MR) is 185 cm³/mol. The number of nitrogens with one attached hydrogen (secondary N) is 2. The summed E-state index contributed by atoms with van der Waals surface area (Å²) in [6.45, 7) is 2.22. The van der Waals surface area contributed by atoms with E-state index in [1.165, 1.54) is 13.8 Å². The van der Waals surface area contributed by atoms with Gasteiger partial charge in [-0.2, -0.15) is 4.31 Å². The molecule has 0 aliphatic carbocycles. The van der Waals surface area contributed by atoms with E-state index in [0.29, 0.717) is 6.42 Å². The molecule has 2 aromatic rings. The van der Waals surface area contributed by atoms with Crippen LogP contribution in [0.25, 0.3) is 11.2 Å². The molecule has 0 bridgehead atoms. The highest BCUT2D eigenvalue weighted by Crippen LogP contribution is 2.61. The lowest BCUT2D eigenvalue weighted by atomic mass is 9.87. The van der Waals surface area contributed by atoms with E-state index in [9.17, 15) is 57.9 Å². The standard InChI is InChI=1S/C26H40N7O17P3S/c1-4-5-6-17(35)54-10-9-28-16(34)7-8-29-24(38)21(37)26(2,3)12-47-53(44,45)50-52(42,43)46-11-15-20(49-51(39,40)41)19(36)25(48-15)33-14-32-18-22(27)30-13-31-23(18)33/h13-15,19-21,25,36-37H,4,7-12H2,1-3H3,(H,28,34)(H,29,38)(H,42,43)(H,44,45)(H2,27,30,31)(H2,39,40,41)/t15-,19-,20-,21+,25-/m1/s1. The number of fused-ring (bicyclic) bond motifs is 1. The molecule has 3 rings (SSSR count). The second-order valence-corrected chi connectivity index (χ2v) is 17.2. The van der Waals surface area contributed by atoms with Crippen LogP contribution >= 0.6 is 35.2 Å². The van der Waals surface area contributed by atoms with Crippen LogP contribution in [0.15, 0.2) is 12.7 Å². The van der Waals surface area contributed by atoms with Crippen LogP contribution in [0.5, 0.6) is 0 Å². The fourth-order valence-electron chi connectivity index (χ4n) is 4.47. The van der Waals surface area contributed by atoms with E-state index in [4.69, 9.17) is 19.5 Å². The van der Waals surface area contributed by atoms with E-state index in [1.807, 2.05) is 0 Å². The molecule has 10 N–H and O–H groups in total. The molecule has 1 saturated heterocycles. The lowest BCUT2D eigenvalue weighted by Gasteiger charge is -2.30. The van der Waals surface area contributed by atoms with Gasteiger partial charge in [0.05, 0.1) is 19.5 Å². The average Bonchev–Trinajstić information content (AvgIpc) is 3.63. The summed E-state index contributed by atoms with van der Waals surface area (Å²) in [7, 11) is -16.4. The lowest BCUT2D eigenvalue weighted by Crippen LogP contribution is -2.46. The van der Waals surface area contributed by atoms with Crippen molar-refractivity contribution >= 4 is 69.1 Å². The fourth-order valence-corrected chi connectivity index (χ4v) is 7.83. The minimum absolute atomic E-state index is 0.0288. The van der Waals surface area contributed by atoms with Crippen molar-refractivity contribution in [1.82, 2.24) is 30.2 Å². The zero-order chi connectivity index (χ0) is 40.5. The molecule has 2 unspecified atom stereocenters. The molecule has 0 saturated carbocycles. The van der Waals surface area contributed by atoms with Gasteiger partial charge in [-0.25, -0.2) is 28.6 Å². The predicted octanol–water partition coefficient (Wildman–Crippen LogP) is -0.922. The number of aromatic nitrogens is 4. The maximum absolute atomic E-state index is 12.6. The second kappa shape index (κ2) is 19.3. The number of nitrogens with two attached hydrogens (primary N) is 1. The minimum Gasteiger partial charge on any atom is -0.386 e.